The second-order valence-corrected chi connectivity index (χ2v) is 7.18. The first-order chi connectivity index (χ1) is 13.1. The highest BCUT2D eigenvalue weighted by Gasteiger charge is 2.30. The van der Waals surface area contributed by atoms with E-state index in [1.165, 1.54) is 17.8 Å². The zero-order valence-electron chi connectivity index (χ0n) is 14.2. The molecule has 1 amide bonds. The van der Waals surface area contributed by atoms with Crippen molar-refractivity contribution in [3.05, 3.63) is 66.0 Å². The Bertz CT molecular complexity index is 973. The summed E-state index contributed by atoms with van der Waals surface area (Å²) in [6.45, 7) is 0. The van der Waals surface area contributed by atoms with Gasteiger partial charge in [0.25, 0.3) is 0 Å². The summed E-state index contributed by atoms with van der Waals surface area (Å²) in [7, 11) is 0. The van der Waals surface area contributed by atoms with E-state index in [0.29, 0.717) is 11.1 Å². The fourth-order valence-electron chi connectivity index (χ4n) is 2.64. The standard InChI is InChI=1S/C19H16F2N4OS/c20-13-8-9-16(15(21)10-13)22-17(26)11-27-19-23-18(12-6-7-12)25(24-19)14-4-2-1-3-5-14/h1-5,8-10,12H,6-7,11H2,(H,22,26). The second kappa shape index (κ2) is 7.48. The summed E-state index contributed by atoms with van der Waals surface area (Å²) in [4.78, 5) is 16.6. The van der Waals surface area contributed by atoms with E-state index in [2.05, 4.69) is 15.4 Å². The van der Waals surface area contributed by atoms with Crippen LogP contribution in [-0.2, 0) is 4.79 Å². The maximum absolute atomic E-state index is 13.6. The van der Waals surface area contributed by atoms with Crippen LogP contribution in [0, 0.1) is 11.6 Å². The third-order valence-corrected chi connectivity index (χ3v) is 4.93. The lowest BCUT2D eigenvalue weighted by Gasteiger charge is -2.05. The highest BCUT2D eigenvalue weighted by Crippen LogP contribution is 2.40. The minimum absolute atomic E-state index is 0.0275. The van der Waals surface area contributed by atoms with Gasteiger partial charge in [-0.25, -0.2) is 18.4 Å². The molecule has 0 bridgehead atoms. The Labute approximate surface area is 158 Å². The zero-order chi connectivity index (χ0) is 18.8. The van der Waals surface area contributed by atoms with Crippen molar-refractivity contribution >= 4 is 23.4 Å². The lowest BCUT2D eigenvalue weighted by atomic mass is 10.3. The van der Waals surface area contributed by atoms with Crippen LogP contribution in [0.2, 0.25) is 0 Å². The molecule has 3 aromatic rings. The number of carbonyl (C=O) groups is 1. The van der Waals surface area contributed by atoms with Crippen LogP contribution >= 0.6 is 11.8 Å². The van der Waals surface area contributed by atoms with Crippen LogP contribution in [0.4, 0.5) is 14.5 Å². The molecule has 27 heavy (non-hydrogen) atoms. The van der Waals surface area contributed by atoms with Gasteiger partial charge >= 0.3 is 0 Å². The van der Waals surface area contributed by atoms with Crippen molar-refractivity contribution in [2.45, 2.75) is 23.9 Å². The number of nitrogens with zero attached hydrogens (tertiary/aromatic N) is 3. The normalized spacial score (nSPS) is 13.6. The summed E-state index contributed by atoms with van der Waals surface area (Å²) in [5, 5.41) is 7.44. The molecule has 1 aromatic heterocycles. The van der Waals surface area contributed by atoms with Crippen LogP contribution in [0.1, 0.15) is 24.6 Å². The van der Waals surface area contributed by atoms with Gasteiger partial charge in [-0.3, -0.25) is 4.79 Å². The Morgan fingerprint density at radius 3 is 2.67 bits per heavy atom. The maximum Gasteiger partial charge on any atom is 0.234 e. The van der Waals surface area contributed by atoms with E-state index in [-0.39, 0.29) is 11.4 Å². The minimum Gasteiger partial charge on any atom is -0.323 e. The molecule has 1 aliphatic rings. The molecule has 0 saturated heterocycles. The summed E-state index contributed by atoms with van der Waals surface area (Å²) in [6, 6.07) is 12.7. The summed E-state index contributed by atoms with van der Waals surface area (Å²) >= 11 is 1.18. The van der Waals surface area contributed by atoms with Gasteiger partial charge in [0.1, 0.15) is 17.5 Å². The summed E-state index contributed by atoms with van der Waals surface area (Å²) in [5.74, 6) is -0.587. The van der Waals surface area contributed by atoms with Gasteiger partial charge in [0.2, 0.25) is 11.1 Å². The summed E-state index contributed by atoms with van der Waals surface area (Å²) < 4.78 is 28.4. The van der Waals surface area contributed by atoms with Gasteiger partial charge in [0, 0.05) is 12.0 Å². The summed E-state index contributed by atoms with van der Waals surface area (Å²) in [5.41, 5.74) is 0.875. The third-order valence-electron chi connectivity index (χ3n) is 4.09. The largest absolute Gasteiger partial charge is 0.323 e. The first-order valence-corrected chi connectivity index (χ1v) is 9.49. The number of aromatic nitrogens is 3. The molecule has 138 valence electrons. The van der Waals surface area contributed by atoms with E-state index in [0.717, 1.165) is 36.5 Å². The number of carbonyl (C=O) groups excluding carboxylic acids is 1. The molecule has 0 aliphatic heterocycles. The number of hydrogen-bond donors (Lipinski definition) is 1. The quantitative estimate of drug-likeness (QED) is 0.647. The topological polar surface area (TPSA) is 59.8 Å². The van der Waals surface area contributed by atoms with E-state index in [4.69, 9.17) is 0 Å². The van der Waals surface area contributed by atoms with Crippen LogP contribution in [0.25, 0.3) is 5.69 Å². The second-order valence-electron chi connectivity index (χ2n) is 6.24. The van der Waals surface area contributed by atoms with Gasteiger partial charge in [-0.15, -0.1) is 5.10 Å². The molecule has 1 heterocycles. The number of hydrogen-bond acceptors (Lipinski definition) is 4. The molecule has 5 nitrogen and oxygen atoms in total. The predicted molar refractivity (Wildman–Crippen MR) is 99.0 cm³/mol. The molecule has 8 heteroatoms. The van der Waals surface area contributed by atoms with E-state index in [1.807, 2.05) is 35.0 Å². The Kier molecular flexibility index (Phi) is 4.89. The Morgan fingerprint density at radius 1 is 1.19 bits per heavy atom. The van der Waals surface area contributed by atoms with Crippen molar-refractivity contribution < 1.29 is 13.6 Å². The van der Waals surface area contributed by atoms with Crippen molar-refractivity contribution in [1.82, 2.24) is 14.8 Å². The molecule has 1 fully saturated rings. The summed E-state index contributed by atoms with van der Waals surface area (Å²) in [6.07, 6.45) is 2.17. The predicted octanol–water partition coefficient (Wildman–Crippen LogP) is 4.15. The zero-order valence-corrected chi connectivity index (χ0v) is 15.0. The van der Waals surface area contributed by atoms with Gasteiger partial charge in [0.15, 0.2) is 0 Å². The van der Waals surface area contributed by atoms with Gasteiger partial charge in [0.05, 0.1) is 17.1 Å². The van der Waals surface area contributed by atoms with Crippen molar-refractivity contribution in [3.8, 4) is 5.69 Å². The average molecular weight is 386 g/mol. The molecule has 1 N–H and O–H groups in total. The molecule has 0 spiro atoms. The number of nitrogens with one attached hydrogen (secondary N) is 1. The van der Waals surface area contributed by atoms with Crippen LogP contribution in [0.3, 0.4) is 0 Å². The van der Waals surface area contributed by atoms with E-state index in [1.54, 1.807) is 0 Å². The van der Waals surface area contributed by atoms with Crippen LogP contribution in [-0.4, -0.2) is 26.4 Å². The number of thioether (sulfide) groups is 1. The lowest BCUT2D eigenvalue weighted by molar-refractivity contribution is -0.113. The maximum atomic E-state index is 13.6. The number of amides is 1. The first kappa shape index (κ1) is 17.7. The SMILES string of the molecule is O=C(CSc1nc(C2CC2)n(-c2ccccc2)n1)Nc1ccc(F)cc1F. The molecular weight excluding hydrogens is 370 g/mol. The molecule has 0 radical (unpaired) electrons. The fourth-order valence-corrected chi connectivity index (χ4v) is 3.27. The molecule has 0 unspecified atom stereocenters. The van der Waals surface area contributed by atoms with Crippen molar-refractivity contribution in [2.24, 2.45) is 0 Å². The third kappa shape index (κ3) is 4.16. The minimum atomic E-state index is -0.809. The van der Waals surface area contributed by atoms with E-state index < -0.39 is 17.5 Å². The van der Waals surface area contributed by atoms with Crippen LogP contribution < -0.4 is 5.32 Å². The Morgan fingerprint density at radius 2 is 1.96 bits per heavy atom. The number of anilines is 1. The Balaban J connectivity index is 1.44. The number of benzene rings is 2. The van der Waals surface area contributed by atoms with Crippen LogP contribution in [0.15, 0.2) is 53.7 Å². The fraction of sp³-hybridized carbons (Fsp3) is 0.211. The molecular formula is C19H16F2N4OS. The lowest BCUT2D eigenvalue weighted by Crippen LogP contribution is -2.15. The van der Waals surface area contributed by atoms with Gasteiger partial charge in [-0.05, 0) is 37.1 Å². The van der Waals surface area contributed by atoms with Crippen molar-refractivity contribution in [1.29, 1.82) is 0 Å². The van der Waals surface area contributed by atoms with Crippen LogP contribution in [0.5, 0.6) is 0 Å². The highest BCUT2D eigenvalue weighted by molar-refractivity contribution is 7.99. The van der Waals surface area contributed by atoms with E-state index >= 15 is 0 Å². The van der Waals surface area contributed by atoms with Gasteiger partial charge in [-0.2, -0.15) is 0 Å². The van der Waals surface area contributed by atoms with Crippen molar-refractivity contribution in [3.63, 3.8) is 0 Å². The Hall–Kier alpha value is -2.74. The monoisotopic (exact) mass is 386 g/mol. The van der Waals surface area contributed by atoms with Gasteiger partial charge < -0.3 is 5.32 Å². The average Bonchev–Trinajstić information content (AvgIpc) is 3.42. The highest BCUT2D eigenvalue weighted by atomic mass is 32.2. The smallest absolute Gasteiger partial charge is 0.234 e. The molecule has 1 saturated carbocycles. The number of para-hydroxylation sites is 1. The van der Waals surface area contributed by atoms with E-state index in [9.17, 15) is 13.6 Å². The van der Waals surface area contributed by atoms with Crippen molar-refractivity contribution in [2.75, 3.05) is 11.1 Å². The van der Waals surface area contributed by atoms with Gasteiger partial charge in [-0.1, -0.05) is 30.0 Å². The number of halogens is 2. The molecule has 4 rings (SSSR count). The first-order valence-electron chi connectivity index (χ1n) is 8.50. The molecule has 0 atom stereocenters. The number of rotatable bonds is 6. The molecule has 2 aromatic carbocycles. The molecule has 1 aliphatic carbocycles.